The first-order valence-corrected chi connectivity index (χ1v) is 9.66. The van der Waals surface area contributed by atoms with Crippen LogP contribution in [0.25, 0.3) is 10.9 Å². The number of fused-ring (bicyclic) bond motifs is 1. The molecule has 0 saturated carbocycles. The largest absolute Gasteiger partial charge is 0.496 e. The number of likely N-dealkylation sites (N-methyl/N-ethyl adjacent to an activating group) is 1. The summed E-state index contributed by atoms with van der Waals surface area (Å²) in [4.78, 5) is 31.1. The maximum atomic E-state index is 12.6. The van der Waals surface area contributed by atoms with Gasteiger partial charge in [-0.25, -0.2) is 4.79 Å². The fourth-order valence-corrected chi connectivity index (χ4v) is 3.12. The Morgan fingerprint density at radius 2 is 1.83 bits per heavy atom. The van der Waals surface area contributed by atoms with E-state index in [2.05, 4.69) is 10.3 Å². The van der Waals surface area contributed by atoms with Gasteiger partial charge in [0.15, 0.2) is 0 Å². The number of methoxy groups -OCH3 is 3. The third-order valence-electron chi connectivity index (χ3n) is 4.46. The minimum absolute atomic E-state index is 0.0267. The number of hydrogen-bond donors (Lipinski definition) is 1. The highest BCUT2D eigenvalue weighted by Gasteiger charge is 2.24. The molecule has 164 valence electrons. The Hall–Kier alpha value is -3.07. The van der Waals surface area contributed by atoms with Crippen molar-refractivity contribution in [3.05, 3.63) is 23.9 Å². The van der Waals surface area contributed by atoms with Crippen LogP contribution in [0.4, 0.5) is 5.69 Å². The molecule has 0 atom stereocenters. The zero-order valence-corrected chi connectivity index (χ0v) is 18.1. The third-order valence-corrected chi connectivity index (χ3v) is 4.46. The molecule has 0 aliphatic heterocycles. The van der Waals surface area contributed by atoms with Crippen LogP contribution in [-0.4, -0.2) is 71.5 Å². The smallest absolute Gasteiger partial charge is 0.341 e. The molecule has 9 heteroatoms. The van der Waals surface area contributed by atoms with E-state index in [0.29, 0.717) is 47.7 Å². The number of hydrogen-bond acceptors (Lipinski definition) is 8. The van der Waals surface area contributed by atoms with E-state index in [0.717, 1.165) is 0 Å². The zero-order chi connectivity index (χ0) is 22.1. The molecule has 1 aromatic heterocycles. The predicted octanol–water partition coefficient (Wildman–Crippen LogP) is 2.02. The van der Waals surface area contributed by atoms with Gasteiger partial charge in [0, 0.05) is 33.5 Å². The second kappa shape index (κ2) is 11.2. The van der Waals surface area contributed by atoms with Crippen LogP contribution >= 0.6 is 0 Å². The normalized spacial score (nSPS) is 10.6. The fraction of sp³-hybridized carbons (Fsp3) is 0.476. The standard InChI is InChI=1S/C21H29N3O6/c1-6-30-21(26)14-12-23-19-16(29-5)9-8-15(28-4)18(19)20(14)24(2)13-17(25)22-10-7-11-27-3/h8-9,12H,6-7,10-11,13H2,1-5H3,(H,22,25). The molecule has 30 heavy (non-hydrogen) atoms. The fourth-order valence-electron chi connectivity index (χ4n) is 3.12. The van der Waals surface area contributed by atoms with Gasteiger partial charge in [-0.05, 0) is 25.5 Å². The molecule has 1 N–H and O–H groups in total. The molecule has 0 spiro atoms. The first-order chi connectivity index (χ1) is 14.5. The van der Waals surface area contributed by atoms with E-state index in [4.69, 9.17) is 18.9 Å². The molecular weight excluding hydrogens is 390 g/mol. The predicted molar refractivity (Wildman–Crippen MR) is 114 cm³/mol. The van der Waals surface area contributed by atoms with Gasteiger partial charge < -0.3 is 29.2 Å². The third kappa shape index (κ3) is 5.29. The number of aromatic nitrogens is 1. The first-order valence-electron chi connectivity index (χ1n) is 9.66. The van der Waals surface area contributed by atoms with Crippen LogP contribution in [0.15, 0.2) is 18.3 Å². The van der Waals surface area contributed by atoms with E-state index in [1.54, 1.807) is 45.2 Å². The first kappa shape index (κ1) is 23.2. The van der Waals surface area contributed by atoms with Crippen molar-refractivity contribution < 1.29 is 28.5 Å². The van der Waals surface area contributed by atoms with Gasteiger partial charge in [0.2, 0.25) is 5.91 Å². The number of esters is 1. The Balaban J connectivity index is 2.51. The average molecular weight is 419 g/mol. The Morgan fingerprint density at radius 1 is 1.13 bits per heavy atom. The zero-order valence-electron chi connectivity index (χ0n) is 18.1. The van der Waals surface area contributed by atoms with Crippen molar-refractivity contribution in [3.63, 3.8) is 0 Å². The van der Waals surface area contributed by atoms with E-state index in [-0.39, 0.29) is 24.6 Å². The summed E-state index contributed by atoms with van der Waals surface area (Å²) in [6, 6.07) is 3.48. The SMILES string of the molecule is CCOC(=O)c1cnc2c(OC)ccc(OC)c2c1N(C)CC(=O)NCCCOC. The molecule has 0 aliphatic rings. The summed E-state index contributed by atoms with van der Waals surface area (Å²) in [5.74, 6) is 0.320. The van der Waals surface area contributed by atoms with Crippen molar-refractivity contribution in [1.82, 2.24) is 10.3 Å². The van der Waals surface area contributed by atoms with Gasteiger partial charge in [-0.1, -0.05) is 0 Å². The van der Waals surface area contributed by atoms with Crippen molar-refractivity contribution in [2.75, 3.05) is 59.6 Å². The number of anilines is 1. The number of rotatable bonds is 11. The maximum absolute atomic E-state index is 12.6. The lowest BCUT2D eigenvalue weighted by Crippen LogP contribution is -2.36. The quantitative estimate of drug-likeness (QED) is 0.436. The molecule has 0 radical (unpaired) electrons. The summed E-state index contributed by atoms with van der Waals surface area (Å²) < 4.78 is 21.1. The van der Waals surface area contributed by atoms with Gasteiger partial charge >= 0.3 is 5.97 Å². The van der Waals surface area contributed by atoms with Crippen molar-refractivity contribution in [2.45, 2.75) is 13.3 Å². The van der Waals surface area contributed by atoms with Gasteiger partial charge in [-0.15, -0.1) is 0 Å². The molecule has 0 fully saturated rings. The Labute approximate surface area is 176 Å². The molecule has 2 aromatic rings. The van der Waals surface area contributed by atoms with Gasteiger partial charge in [-0.3, -0.25) is 9.78 Å². The second-order valence-electron chi connectivity index (χ2n) is 6.49. The monoisotopic (exact) mass is 419 g/mol. The number of ether oxygens (including phenoxy) is 4. The number of carbonyl (C=O) groups is 2. The van der Waals surface area contributed by atoms with Crippen molar-refractivity contribution in [2.24, 2.45) is 0 Å². The Kier molecular flexibility index (Phi) is 8.67. The minimum atomic E-state index is -0.529. The average Bonchev–Trinajstić information content (AvgIpc) is 2.75. The molecule has 1 heterocycles. The van der Waals surface area contributed by atoms with Crippen LogP contribution in [0.2, 0.25) is 0 Å². The lowest BCUT2D eigenvalue weighted by molar-refractivity contribution is -0.119. The molecule has 0 saturated heterocycles. The van der Waals surface area contributed by atoms with E-state index in [9.17, 15) is 9.59 Å². The summed E-state index contributed by atoms with van der Waals surface area (Å²) in [6.07, 6.45) is 2.15. The lowest BCUT2D eigenvalue weighted by atomic mass is 10.1. The van der Waals surface area contributed by atoms with Crippen LogP contribution in [0.1, 0.15) is 23.7 Å². The molecule has 0 unspecified atom stereocenters. The second-order valence-corrected chi connectivity index (χ2v) is 6.49. The number of amides is 1. The van der Waals surface area contributed by atoms with E-state index >= 15 is 0 Å². The molecule has 1 aromatic carbocycles. The maximum Gasteiger partial charge on any atom is 0.341 e. The number of nitrogens with zero attached hydrogens (tertiary/aromatic N) is 2. The number of benzene rings is 1. The highest BCUT2D eigenvalue weighted by molar-refractivity contribution is 6.09. The topological polar surface area (TPSA) is 99.2 Å². The molecule has 1 amide bonds. The molecular formula is C21H29N3O6. The number of pyridine rings is 1. The van der Waals surface area contributed by atoms with Gasteiger partial charge in [0.05, 0.1) is 38.4 Å². The van der Waals surface area contributed by atoms with Crippen molar-refractivity contribution in [3.8, 4) is 11.5 Å². The Morgan fingerprint density at radius 3 is 2.47 bits per heavy atom. The highest BCUT2D eigenvalue weighted by atomic mass is 16.5. The minimum Gasteiger partial charge on any atom is -0.496 e. The molecule has 0 bridgehead atoms. The summed E-state index contributed by atoms with van der Waals surface area (Å²) in [5, 5.41) is 3.41. The van der Waals surface area contributed by atoms with E-state index in [1.165, 1.54) is 13.3 Å². The lowest BCUT2D eigenvalue weighted by Gasteiger charge is -2.24. The molecule has 0 aliphatic carbocycles. The Bertz CT molecular complexity index is 887. The van der Waals surface area contributed by atoms with Crippen LogP contribution in [0.3, 0.4) is 0 Å². The van der Waals surface area contributed by atoms with Crippen LogP contribution in [0, 0.1) is 0 Å². The van der Waals surface area contributed by atoms with Gasteiger partial charge in [0.25, 0.3) is 0 Å². The highest BCUT2D eigenvalue weighted by Crippen LogP contribution is 2.40. The summed E-state index contributed by atoms with van der Waals surface area (Å²) in [5.41, 5.74) is 1.25. The van der Waals surface area contributed by atoms with Gasteiger partial charge in [-0.2, -0.15) is 0 Å². The van der Waals surface area contributed by atoms with Crippen molar-refractivity contribution >= 4 is 28.5 Å². The van der Waals surface area contributed by atoms with Gasteiger partial charge in [0.1, 0.15) is 22.6 Å². The number of nitrogens with one attached hydrogen (secondary N) is 1. The summed E-state index contributed by atoms with van der Waals surface area (Å²) in [6.45, 7) is 3.04. The van der Waals surface area contributed by atoms with Crippen LogP contribution < -0.4 is 19.7 Å². The summed E-state index contributed by atoms with van der Waals surface area (Å²) >= 11 is 0. The number of carbonyl (C=O) groups excluding carboxylic acids is 2. The molecule has 9 nitrogen and oxygen atoms in total. The van der Waals surface area contributed by atoms with Crippen molar-refractivity contribution in [1.29, 1.82) is 0 Å². The molecule has 2 rings (SSSR count). The van der Waals surface area contributed by atoms with Crippen LogP contribution in [-0.2, 0) is 14.3 Å². The van der Waals surface area contributed by atoms with E-state index < -0.39 is 5.97 Å². The van der Waals surface area contributed by atoms with Crippen LogP contribution in [0.5, 0.6) is 11.5 Å². The summed E-state index contributed by atoms with van der Waals surface area (Å²) in [7, 11) is 6.41. The van der Waals surface area contributed by atoms with E-state index in [1.807, 2.05) is 0 Å².